The Hall–Kier alpha value is -0.320. The van der Waals surface area contributed by atoms with Crippen LogP contribution in [-0.2, 0) is 9.47 Å². The Kier molecular flexibility index (Phi) is 8.42. The van der Waals surface area contributed by atoms with Crippen molar-refractivity contribution in [3.05, 3.63) is 33.8 Å². The van der Waals surface area contributed by atoms with E-state index in [1.807, 2.05) is 18.2 Å². The van der Waals surface area contributed by atoms with Gasteiger partial charge < -0.3 is 14.8 Å². The van der Waals surface area contributed by atoms with Gasteiger partial charge in [0.25, 0.3) is 0 Å². The summed E-state index contributed by atoms with van der Waals surface area (Å²) in [5, 5.41) is 4.59. The average molecular weight is 306 g/mol. The highest BCUT2D eigenvalue weighted by Crippen LogP contribution is 2.26. The van der Waals surface area contributed by atoms with E-state index in [4.69, 9.17) is 32.7 Å². The van der Waals surface area contributed by atoms with E-state index in [-0.39, 0.29) is 6.04 Å². The number of hydrogen-bond donors (Lipinski definition) is 1. The largest absolute Gasteiger partial charge is 0.382 e. The molecule has 0 aromatic heterocycles. The second-order valence-corrected chi connectivity index (χ2v) is 4.99. The summed E-state index contributed by atoms with van der Waals surface area (Å²) in [6.45, 7) is 4.90. The molecule has 0 amide bonds. The summed E-state index contributed by atoms with van der Waals surface area (Å²) in [6, 6.07) is 5.96. The van der Waals surface area contributed by atoms with E-state index in [1.165, 1.54) is 0 Å². The van der Waals surface area contributed by atoms with Crippen LogP contribution in [0, 0.1) is 0 Å². The van der Waals surface area contributed by atoms with Gasteiger partial charge in [-0.05, 0) is 30.7 Å². The predicted octanol–water partition coefficient (Wildman–Crippen LogP) is 3.70. The summed E-state index contributed by atoms with van der Waals surface area (Å²) < 4.78 is 10.4. The molecule has 0 spiro atoms. The van der Waals surface area contributed by atoms with Gasteiger partial charge >= 0.3 is 0 Å². The van der Waals surface area contributed by atoms with Crippen LogP contribution in [0.2, 0.25) is 10.0 Å². The number of ether oxygens (including phenoxy) is 2. The number of benzene rings is 1. The van der Waals surface area contributed by atoms with Crippen molar-refractivity contribution < 1.29 is 9.47 Å². The quantitative estimate of drug-likeness (QED) is 0.706. The minimum Gasteiger partial charge on any atom is -0.382 e. The van der Waals surface area contributed by atoms with Crippen molar-refractivity contribution in [1.29, 1.82) is 0 Å². The average Bonchev–Trinajstić information content (AvgIpc) is 2.40. The fourth-order valence-electron chi connectivity index (χ4n) is 1.81. The molecule has 108 valence electrons. The summed E-state index contributed by atoms with van der Waals surface area (Å²) >= 11 is 12.0. The Morgan fingerprint density at radius 2 is 1.95 bits per heavy atom. The van der Waals surface area contributed by atoms with Crippen molar-refractivity contribution in [3.8, 4) is 0 Å². The van der Waals surface area contributed by atoms with Crippen molar-refractivity contribution in [2.75, 3.05) is 33.5 Å². The smallest absolute Gasteiger partial charge is 0.0700 e. The molecule has 0 saturated carbocycles. The molecule has 5 heteroatoms. The molecule has 0 radical (unpaired) electrons. The Bertz CT molecular complexity index is 374. The van der Waals surface area contributed by atoms with Gasteiger partial charge in [0.2, 0.25) is 0 Å². The van der Waals surface area contributed by atoms with Crippen LogP contribution in [0.25, 0.3) is 0 Å². The van der Waals surface area contributed by atoms with Crippen LogP contribution < -0.4 is 5.32 Å². The summed E-state index contributed by atoms with van der Waals surface area (Å²) in [7, 11) is 1.67. The Balaban J connectivity index is 2.53. The van der Waals surface area contributed by atoms with Crippen molar-refractivity contribution in [2.45, 2.75) is 19.4 Å². The summed E-state index contributed by atoms with van der Waals surface area (Å²) in [6.07, 6.45) is 0.884. The van der Waals surface area contributed by atoms with Gasteiger partial charge in [0, 0.05) is 19.8 Å². The molecule has 19 heavy (non-hydrogen) atoms. The molecular weight excluding hydrogens is 285 g/mol. The molecule has 0 aliphatic heterocycles. The van der Waals surface area contributed by atoms with Gasteiger partial charge in [0.15, 0.2) is 0 Å². The minimum atomic E-state index is 0.224. The van der Waals surface area contributed by atoms with Gasteiger partial charge in [0.1, 0.15) is 0 Å². The van der Waals surface area contributed by atoms with Crippen molar-refractivity contribution in [1.82, 2.24) is 5.32 Å². The molecule has 0 fully saturated rings. The normalized spacial score (nSPS) is 12.6. The van der Waals surface area contributed by atoms with Crippen molar-refractivity contribution >= 4 is 23.2 Å². The maximum absolute atomic E-state index is 6.05. The first-order chi connectivity index (χ1) is 9.19. The molecule has 1 aromatic rings. The fraction of sp³-hybridized carbons (Fsp3) is 0.571. The molecule has 1 aromatic carbocycles. The van der Waals surface area contributed by atoms with Gasteiger partial charge in [-0.2, -0.15) is 0 Å². The zero-order chi connectivity index (χ0) is 14.1. The van der Waals surface area contributed by atoms with E-state index in [0.717, 1.165) is 18.5 Å². The second-order valence-electron chi connectivity index (χ2n) is 4.18. The minimum absolute atomic E-state index is 0.224. The highest BCUT2D eigenvalue weighted by atomic mass is 35.5. The molecule has 0 bridgehead atoms. The fourth-order valence-corrected chi connectivity index (χ4v) is 2.11. The van der Waals surface area contributed by atoms with Crippen LogP contribution in [-0.4, -0.2) is 33.5 Å². The SMILES string of the molecule is CCNC(CCOCCOC)c1ccc(Cl)c(Cl)c1. The number of hydrogen-bond acceptors (Lipinski definition) is 3. The molecule has 1 unspecified atom stereocenters. The van der Waals surface area contributed by atoms with Gasteiger partial charge in [-0.25, -0.2) is 0 Å². The highest BCUT2D eigenvalue weighted by molar-refractivity contribution is 6.42. The van der Waals surface area contributed by atoms with Crippen LogP contribution in [0.15, 0.2) is 18.2 Å². The molecule has 0 aliphatic carbocycles. The van der Waals surface area contributed by atoms with Crippen LogP contribution in [0.3, 0.4) is 0 Å². The highest BCUT2D eigenvalue weighted by Gasteiger charge is 2.11. The standard InChI is InChI=1S/C14H21Cl2NO2/c1-3-17-14(6-7-19-9-8-18-2)11-4-5-12(15)13(16)10-11/h4-5,10,14,17H,3,6-9H2,1-2H3. The molecule has 3 nitrogen and oxygen atoms in total. The van der Waals surface area contributed by atoms with Crippen molar-refractivity contribution in [3.63, 3.8) is 0 Å². The molecule has 1 rings (SSSR count). The third-order valence-electron chi connectivity index (χ3n) is 2.78. The van der Waals surface area contributed by atoms with E-state index < -0.39 is 0 Å². The van der Waals surface area contributed by atoms with E-state index in [2.05, 4.69) is 12.2 Å². The van der Waals surface area contributed by atoms with Gasteiger partial charge in [-0.3, -0.25) is 0 Å². The van der Waals surface area contributed by atoms with E-state index >= 15 is 0 Å². The lowest BCUT2D eigenvalue weighted by atomic mass is 10.0. The topological polar surface area (TPSA) is 30.5 Å². The monoisotopic (exact) mass is 305 g/mol. The van der Waals surface area contributed by atoms with Crippen molar-refractivity contribution in [2.24, 2.45) is 0 Å². The van der Waals surface area contributed by atoms with Crippen LogP contribution >= 0.6 is 23.2 Å². The number of methoxy groups -OCH3 is 1. The molecule has 0 heterocycles. The molecule has 0 saturated heterocycles. The first-order valence-electron chi connectivity index (χ1n) is 6.44. The van der Waals surface area contributed by atoms with Crippen LogP contribution in [0.1, 0.15) is 24.9 Å². The second kappa shape index (κ2) is 9.56. The summed E-state index contributed by atoms with van der Waals surface area (Å²) in [4.78, 5) is 0. The molecule has 0 aliphatic rings. The Morgan fingerprint density at radius 3 is 2.58 bits per heavy atom. The predicted molar refractivity (Wildman–Crippen MR) is 80.2 cm³/mol. The third-order valence-corrected chi connectivity index (χ3v) is 3.52. The van der Waals surface area contributed by atoms with E-state index in [9.17, 15) is 0 Å². The zero-order valence-electron chi connectivity index (χ0n) is 11.4. The lowest BCUT2D eigenvalue weighted by Crippen LogP contribution is -2.22. The molecule has 1 atom stereocenters. The molecular formula is C14H21Cl2NO2. The van der Waals surface area contributed by atoms with Crippen LogP contribution in [0.4, 0.5) is 0 Å². The first kappa shape index (κ1) is 16.7. The number of halogens is 2. The van der Waals surface area contributed by atoms with E-state index in [1.54, 1.807) is 7.11 Å². The van der Waals surface area contributed by atoms with Gasteiger partial charge in [0.05, 0.1) is 23.3 Å². The summed E-state index contributed by atoms with van der Waals surface area (Å²) in [5.74, 6) is 0. The third kappa shape index (κ3) is 6.11. The number of rotatable bonds is 9. The molecule has 1 N–H and O–H groups in total. The lowest BCUT2D eigenvalue weighted by molar-refractivity contribution is 0.0658. The van der Waals surface area contributed by atoms with Gasteiger partial charge in [-0.15, -0.1) is 0 Å². The van der Waals surface area contributed by atoms with Crippen LogP contribution in [0.5, 0.6) is 0 Å². The Labute approximate surface area is 125 Å². The van der Waals surface area contributed by atoms with Gasteiger partial charge in [-0.1, -0.05) is 36.2 Å². The first-order valence-corrected chi connectivity index (χ1v) is 7.19. The zero-order valence-corrected chi connectivity index (χ0v) is 12.9. The number of nitrogens with one attached hydrogen (secondary N) is 1. The van der Waals surface area contributed by atoms with E-state index in [0.29, 0.717) is 29.9 Å². The maximum atomic E-state index is 6.05. The maximum Gasteiger partial charge on any atom is 0.0700 e. The Morgan fingerprint density at radius 1 is 1.16 bits per heavy atom. The lowest BCUT2D eigenvalue weighted by Gasteiger charge is -2.19. The summed E-state index contributed by atoms with van der Waals surface area (Å²) in [5.41, 5.74) is 1.13.